The maximum Gasteiger partial charge on any atom is 0.364 e. The minimum absolute atomic E-state index is 0.00420. The minimum Gasteiger partial charge on any atom is -0.336 e. The van der Waals surface area contributed by atoms with Crippen LogP contribution in [0.25, 0.3) is 0 Å². The number of hydrogen-bond acceptors (Lipinski definition) is 7. The first kappa shape index (κ1) is 14.6. The summed E-state index contributed by atoms with van der Waals surface area (Å²) in [6.45, 7) is 4.34. The first-order valence-corrected chi connectivity index (χ1v) is 6.15. The fourth-order valence-corrected chi connectivity index (χ4v) is 2.03. The quantitative estimate of drug-likeness (QED) is 0.656. The molecule has 2 rings (SSSR count). The molecule has 2 aliphatic rings. The Bertz CT molecular complexity index is 468. The van der Waals surface area contributed by atoms with Gasteiger partial charge in [0.25, 0.3) is 11.8 Å². The summed E-state index contributed by atoms with van der Waals surface area (Å²) in [4.78, 5) is 50.9. The van der Waals surface area contributed by atoms with Crippen molar-refractivity contribution in [3.8, 4) is 0 Å². The minimum atomic E-state index is -1.30. The third kappa shape index (κ3) is 2.70. The summed E-state index contributed by atoms with van der Waals surface area (Å²) in [6, 6.07) is 0. The van der Waals surface area contributed by atoms with Crippen LogP contribution >= 0.6 is 0 Å². The van der Waals surface area contributed by atoms with Crippen LogP contribution < -0.4 is 0 Å². The van der Waals surface area contributed by atoms with Gasteiger partial charge in [-0.05, 0) is 20.8 Å². The van der Waals surface area contributed by atoms with Gasteiger partial charge in [0.05, 0.1) is 0 Å². The zero-order valence-electron chi connectivity index (χ0n) is 11.4. The van der Waals surface area contributed by atoms with Gasteiger partial charge in [-0.25, -0.2) is 4.79 Å². The van der Waals surface area contributed by atoms with Gasteiger partial charge in [0.15, 0.2) is 23.8 Å². The van der Waals surface area contributed by atoms with E-state index in [1.54, 1.807) is 13.8 Å². The van der Waals surface area contributed by atoms with E-state index >= 15 is 0 Å². The van der Waals surface area contributed by atoms with E-state index in [4.69, 9.17) is 14.3 Å². The fourth-order valence-electron chi connectivity index (χ4n) is 2.03. The van der Waals surface area contributed by atoms with Crippen LogP contribution in [0.5, 0.6) is 0 Å². The average Bonchev–Trinajstić information content (AvgIpc) is 2.83. The average molecular weight is 285 g/mol. The third-order valence-corrected chi connectivity index (χ3v) is 2.92. The molecule has 0 aromatic rings. The Morgan fingerprint density at radius 1 is 1.15 bits per heavy atom. The second-order valence-corrected chi connectivity index (χ2v) is 5.08. The molecule has 0 bridgehead atoms. The highest BCUT2D eigenvalue weighted by Crippen LogP contribution is 2.30. The Kier molecular flexibility index (Phi) is 3.61. The van der Waals surface area contributed by atoms with Crippen molar-refractivity contribution in [2.45, 2.75) is 51.6 Å². The molecule has 2 fully saturated rings. The number of hydroxylamine groups is 2. The van der Waals surface area contributed by atoms with Crippen LogP contribution in [0, 0.1) is 0 Å². The summed E-state index contributed by atoms with van der Waals surface area (Å²) in [6.07, 6.45) is -2.43. The van der Waals surface area contributed by atoms with E-state index in [2.05, 4.69) is 0 Å². The molecule has 8 heteroatoms. The van der Waals surface area contributed by atoms with Crippen LogP contribution in [-0.2, 0) is 33.5 Å². The monoisotopic (exact) mass is 285 g/mol. The number of nitrogens with zero attached hydrogens (tertiary/aromatic N) is 1. The number of carbonyl (C=O) groups excluding carboxylic acids is 4. The largest absolute Gasteiger partial charge is 0.364 e. The number of hydrogen-bond donors (Lipinski definition) is 0. The lowest BCUT2D eigenvalue weighted by Gasteiger charge is -2.18. The van der Waals surface area contributed by atoms with Gasteiger partial charge >= 0.3 is 5.97 Å². The first-order valence-electron chi connectivity index (χ1n) is 6.15. The zero-order valence-corrected chi connectivity index (χ0v) is 11.4. The van der Waals surface area contributed by atoms with Gasteiger partial charge in [0.1, 0.15) is 0 Å². The highest BCUT2D eigenvalue weighted by atomic mass is 16.8. The van der Waals surface area contributed by atoms with Crippen molar-refractivity contribution < 1.29 is 33.5 Å². The molecule has 0 aromatic carbocycles. The Hall–Kier alpha value is -1.80. The second-order valence-electron chi connectivity index (χ2n) is 5.08. The van der Waals surface area contributed by atoms with Gasteiger partial charge in [0.2, 0.25) is 0 Å². The molecule has 2 heterocycles. The molecule has 0 saturated carbocycles. The molecule has 0 unspecified atom stereocenters. The van der Waals surface area contributed by atoms with Crippen LogP contribution in [0.4, 0.5) is 0 Å². The van der Waals surface area contributed by atoms with Crippen LogP contribution in [0.1, 0.15) is 33.6 Å². The molecule has 20 heavy (non-hydrogen) atoms. The van der Waals surface area contributed by atoms with Crippen LogP contribution in [0.3, 0.4) is 0 Å². The fraction of sp³-hybridized carbons (Fsp3) is 0.667. The number of amides is 2. The SMILES string of the molecule is CC(=O)[C@@H]1OC(C)(C)O[C@H]1C(=O)ON1C(=O)CCC1=O. The number of imide groups is 1. The Morgan fingerprint density at radius 2 is 1.65 bits per heavy atom. The van der Waals surface area contributed by atoms with E-state index in [1.165, 1.54) is 6.92 Å². The normalized spacial score (nSPS) is 28.9. The lowest BCUT2D eigenvalue weighted by Crippen LogP contribution is -2.42. The summed E-state index contributed by atoms with van der Waals surface area (Å²) < 4.78 is 10.6. The van der Waals surface area contributed by atoms with Gasteiger partial charge < -0.3 is 14.3 Å². The summed E-state index contributed by atoms with van der Waals surface area (Å²) >= 11 is 0. The van der Waals surface area contributed by atoms with Crippen molar-refractivity contribution in [3.63, 3.8) is 0 Å². The second kappa shape index (κ2) is 4.95. The number of carbonyl (C=O) groups is 4. The summed E-state index contributed by atoms with van der Waals surface area (Å²) in [5.74, 6) is -3.73. The van der Waals surface area contributed by atoms with Gasteiger partial charge in [-0.15, -0.1) is 5.06 Å². The predicted octanol–water partition coefficient (Wildman–Crippen LogP) is -0.297. The van der Waals surface area contributed by atoms with E-state index in [-0.39, 0.29) is 12.8 Å². The Labute approximate surface area is 114 Å². The number of Topliss-reactive ketones (excluding diaryl/α,β-unsaturated/α-hetero) is 1. The lowest BCUT2D eigenvalue weighted by atomic mass is 10.1. The lowest BCUT2D eigenvalue weighted by molar-refractivity contribution is -0.208. The molecule has 0 radical (unpaired) electrons. The van der Waals surface area contributed by atoms with E-state index in [0.29, 0.717) is 5.06 Å². The standard InChI is InChI=1S/C12H15NO7/c1-6(14)9-10(19-12(2,3)18-9)11(17)20-13-7(15)4-5-8(13)16/h9-10H,4-5H2,1-3H3/t9-,10+/m0/s1. The topological polar surface area (TPSA) is 99.2 Å². The molecular formula is C12H15NO7. The highest BCUT2D eigenvalue weighted by molar-refractivity contribution is 6.02. The van der Waals surface area contributed by atoms with Crippen molar-refractivity contribution in [1.82, 2.24) is 5.06 Å². The summed E-state index contributed by atoms with van der Waals surface area (Å²) in [5.41, 5.74) is 0. The van der Waals surface area contributed by atoms with Gasteiger partial charge in [0, 0.05) is 12.8 Å². The van der Waals surface area contributed by atoms with Gasteiger partial charge in [-0.1, -0.05) is 0 Å². The van der Waals surface area contributed by atoms with Crippen molar-refractivity contribution in [3.05, 3.63) is 0 Å². The van der Waals surface area contributed by atoms with Crippen molar-refractivity contribution >= 4 is 23.6 Å². The zero-order chi connectivity index (χ0) is 15.1. The summed E-state index contributed by atoms with van der Waals surface area (Å²) in [7, 11) is 0. The van der Waals surface area contributed by atoms with E-state index in [1.807, 2.05) is 0 Å². The number of ketones is 1. The molecule has 8 nitrogen and oxygen atoms in total. The predicted molar refractivity (Wildman–Crippen MR) is 61.7 cm³/mol. The van der Waals surface area contributed by atoms with Crippen molar-refractivity contribution in [2.75, 3.05) is 0 Å². The Morgan fingerprint density at radius 3 is 2.15 bits per heavy atom. The van der Waals surface area contributed by atoms with Crippen LogP contribution in [0.2, 0.25) is 0 Å². The van der Waals surface area contributed by atoms with Crippen molar-refractivity contribution in [1.29, 1.82) is 0 Å². The van der Waals surface area contributed by atoms with E-state index in [0.717, 1.165) is 0 Å². The van der Waals surface area contributed by atoms with E-state index < -0.39 is 41.6 Å². The third-order valence-electron chi connectivity index (χ3n) is 2.92. The van der Waals surface area contributed by atoms with Crippen molar-refractivity contribution in [2.24, 2.45) is 0 Å². The molecule has 2 amide bonds. The molecular weight excluding hydrogens is 270 g/mol. The smallest absolute Gasteiger partial charge is 0.336 e. The van der Waals surface area contributed by atoms with Crippen LogP contribution in [0.15, 0.2) is 0 Å². The highest BCUT2D eigenvalue weighted by Gasteiger charge is 2.50. The van der Waals surface area contributed by atoms with Crippen LogP contribution in [-0.4, -0.2) is 46.6 Å². The number of ether oxygens (including phenoxy) is 2. The molecule has 0 aromatic heterocycles. The molecule has 2 aliphatic heterocycles. The van der Waals surface area contributed by atoms with E-state index in [9.17, 15) is 19.2 Å². The maximum atomic E-state index is 12.0. The summed E-state index contributed by atoms with van der Waals surface area (Å²) in [5, 5.41) is 0.411. The number of rotatable bonds is 3. The Balaban J connectivity index is 2.10. The maximum absolute atomic E-state index is 12.0. The molecule has 2 saturated heterocycles. The molecule has 0 aliphatic carbocycles. The van der Waals surface area contributed by atoms with Gasteiger partial charge in [-0.3, -0.25) is 14.4 Å². The molecule has 110 valence electrons. The molecule has 0 N–H and O–H groups in total. The van der Waals surface area contributed by atoms with Gasteiger partial charge in [-0.2, -0.15) is 0 Å². The molecule has 2 atom stereocenters. The first-order chi connectivity index (χ1) is 9.21. The molecule has 0 spiro atoms.